The SMILES string of the molecule is COc1cc2c(cc1OC)N(C)C(C)C(c1ccccc1)=N2. The third kappa shape index (κ3) is 2.30. The summed E-state index contributed by atoms with van der Waals surface area (Å²) in [5, 5.41) is 0. The van der Waals surface area contributed by atoms with Crippen molar-refractivity contribution in [2.75, 3.05) is 26.2 Å². The number of anilines is 1. The van der Waals surface area contributed by atoms with Crippen LogP contribution in [-0.2, 0) is 0 Å². The van der Waals surface area contributed by atoms with Crippen molar-refractivity contribution in [2.45, 2.75) is 13.0 Å². The maximum Gasteiger partial charge on any atom is 0.163 e. The van der Waals surface area contributed by atoms with Gasteiger partial charge in [0, 0.05) is 19.2 Å². The van der Waals surface area contributed by atoms with Crippen molar-refractivity contribution in [1.82, 2.24) is 0 Å². The van der Waals surface area contributed by atoms with Crippen LogP contribution in [0, 0.1) is 0 Å². The van der Waals surface area contributed by atoms with Crippen LogP contribution in [0.1, 0.15) is 12.5 Å². The topological polar surface area (TPSA) is 34.1 Å². The number of rotatable bonds is 3. The zero-order valence-corrected chi connectivity index (χ0v) is 13.3. The van der Waals surface area contributed by atoms with Crippen LogP contribution in [0.5, 0.6) is 11.5 Å². The van der Waals surface area contributed by atoms with Crippen LogP contribution in [0.4, 0.5) is 11.4 Å². The number of methoxy groups -OCH3 is 2. The molecule has 1 heterocycles. The lowest BCUT2D eigenvalue weighted by Gasteiger charge is -2.34. The van der Waals surface area contributed by atoms with Gasteiger partial charge in [-0.2, -0.15) is 0 Å². The van der Waals surface area contributed by atoms with E-state index in [4.69, 9.17) is 14.5 Å². The van der Waals surface area contributed by atoms with Gasteiger partial charge in [-0.15, -0.1) is 0 Å². The van der Waals surface area contributed by atoms with Crippen LogP contribution < -0.4 is 14.4 Å². The predicted octanol–water partition coefficient (Wildman–Crippen LogP) is 3.66. The molecule has 1 aliphatic heterocycles. The highest BCUT2D eigenvalue weighted by Gasteiger charge is 2.26. The zero-order chi connectivity index (χ0) is 15.7. The van der Waals surface area contributed by atoms with Gasteiger partial charge >= 0.3 is 0 Å². The lowest BCUT2D eigenvalue weighted by molar-refractivity contribution is 0.355. The van der Waals surface area contributed by atoms with Crippen LogP contribution in [-0.4, -0.2) is 33.0 Å². The smallest absolute Gasteiger partial charge is 0.163 e. The molecular formula is C18H20N2O2. The average molecular weight is 296 g/mol. The van der Waals surface area contributed by atoms with Crippen molar-refractivity contribution in [1.29, 1.82) is 0 Å². The second kappa shape index (κ2) is 5.72. The molecule has 4 heteroatoms. The van der Waals surface area contributed by atoms with Gasteiger partial charge in [0.25, 0.3) is 0 Å². The summed E-state index contributed by atoms with van der Waals surface area (Å²) in [6.45, 7) is 2.16. The fourth-order valence-corrected chi connectivity index (χ4v) is 2.76. The van der Waals surface area contributed by atoms with Crippen molar-refractivity contribution in [3.63, 3.8) is 0 Å². The number of aliphatic imine (C=N–C) groups is 1. The second-order valence-electron chi connectivity index (χ2n) is 5.35. The predicted molar refractivity (Wildman–Crippen MR) is 90.1 cm³/mol. The highest BCUT2D eigenvalue weighted by molar-refractivity contribution is 6.09. The minimum Gasteiger partial charge on any atom is -0.493 e. The van der Waals surface area contributed by atoms with E-state index in [1.54, 1.807) is 14.2 Å². The van der Waals surface area contributed by atoms with Crippen LogP contribution >= 0.6 is 0 Å². The molecule has 1 atom stereocenters. The van der Waals surface area contributed by atoms with Gasteiger partial charge in [-0.25, -0.2) is 4.99 Å². The van der Waals surface area contributed by atoms with E-state index in [0.29, 0.717) is 5.75 Å². The van der Waals surface area contributed by atoms with Gasteiger partial charge in [-0.1, -0.05) is 30.3 Å². The van der Waals surface area contributed by atoms with Gasteiger partial charge in [0.05, 0.1) is 37.3 Å². The second-order valence-corrected chi connectivity index (χ2v) is 5.35. The largest absolute Gasteiger partial charge is 0.493 e. The van der Waals surface area contributed by atoms with E-state index < -0.39 is 0 Å². The Morgan fingerprint density at radius 3 is 2.27 bits per heavy atom. The van der Waals surface area contributed by atoms with E-state index in [1.165, 1.54) is 0 Å². The molecule has 0 aliphatic carbocycles. The molecule has 0 saturated carbocycles. The van der Waals surface area contributed by atoms with Gasteiger partial charge < -0.3 is 14.4 Å². The van der Waals surface area contributed by atoms with Crippen molar-refractivity contribution in [3.05, 3.63) is 48.0 Å². The van der Waals surface area contributed by atoms with E-state index in [-0.39, 0.29) is 6.04 Å². The van der Waals surface area contributed by atoms with Gasteiger partial charge in [0.15, 0.2) is 11.5 Å². The van der Waals surface area contributed by atoms with Crippen molar-refractivity contribution < 1.29 is 9.47 Å². The molecule has 0 N–H and O–H groups in total. The molecule has 0 aromatic heterocycles. The summed E-state index contributed by atoms with van der Waals surface area (Å²) in [5.41, 5.74) is 4.15. The van der Waals surface area contributed by atoms with E-state index in [0.717, 1.165) is 28.4 Å². The Morgan fingerprint density at radius 2 is 1.64 bits per heavy atom. The summed E-state index contributed by atoms with van der Waals surface area (Å²) < 4.78 is 10.8. The van der Waals surface area contributed by atoms with Crippen molar-refractivity contribution in [2.24, 2.45) is 4.99 Å². The Kier molecular flexibility index (Phi) is 3.75. The van der Waals surface area contributed by atoms with Crippen molar-refractivity contribution in [3.8, 4) is 11.5 Å². The first-order chi connectivity index (χ1) is 10.7. The molecule has 0 radical (unpaired) electrons. The fraction of sp³-hybridized carbons (Fsp3) is 0.278. The Labute approximate surface area is 131 Å². The molecule has 0 saturated heterocycles. The molecule has 2 aromatic rings. The molecule has 1 unspecified atom stereocenters. The summed E-state index contributed by atoms with van der Waals surface area (Å²) in [4.78, 5) is 7.09. The molecule has 0 amide bonds. The fourth-order valence-electron chi connectivity index (χ4n) is 2.76. The summed E-state index contributed by atoms with van der Waals surface area (Å²) in [5.74, 6) is 1.42. The molecule has 0 spiro atoms. The maximum atomic E-state index is 5.40. The highest BCUT2D eigenvalue weighted by Crippen LogP contribution is 2.42. The van der Waals surface area contributed by atoms with Gasteiger partial charge in [-0.3, -0.25) is 0 Å². The van der Waals surface area contributed by atoms with Crippen LogP contribution in [0.2, 0.25) is 0 Å². The summed E-state index contributed by atoms with van der Waals surface area (Å²) in [7, 11) is 5.36. The van der Waals surface area contributed by atoms with Crippen LogP contribution in [0.25, 0.3) is 0 Å². The highest BCUT2D eigenvalue weighted by atomic mass is 16.5. The Hall–Kier alpha value is -2.49. The summed E-state index contributed by atoms with van der Waals surface area (Å²) in [6, 6.07) is 14.4. The van der Waals surface area contributed by atoms with Crippen molar-refractivity contribution >= 4 is 17.1 Å². The minimum absolute atomic E-state index is 0.188. The molecular weight excluding hydrogens is 276 g/mol. The van der Waals surface area contributed by atoms with Gasteiger partial charge in [0.2, 0.25) is 0 Å². The summed E-state index contributed by atoms with van der Waals surface area (Å²) in [6.07, 6.45) is 0. The summed E-state index contributed by atoms with van der Waals surface area (Å²) >= 11 is 0. The Balaban J connectivity index is 2.16. The Morgan fingerprint density at radius 1 is 1.00 bits per heavy atom. The Bertz CT molecular complexity index is 711. The minimum atomic E-state index is 0.188. The molecule has 22 heavy (non-hydrogen) atoms. The van der Waals surface area contributed by atoms with Crippen LogP contribution in [0.15, 0.2) is 47.5 Å². The number of fused-ring (bicyclic) bond motifs is 1. The normalized spacial score (nSPS) is 16.8. The zero-order valence-electron chi connectivity index (χ0n) is 13.3. The third-order valence-corrected chi connectivity index (χ3v) is 4.15. The molecule has 2 aromatic carbocycles. The standard InChI is InChI=1S/C18H20N2O2/c1-12-18(13-8-6-5-7-9-13)19-14-10-16(21-3)17(22-4)11-15(14)20(12)2/h5-12H,1-4H3. The first kappa shape index (κ1) is 14.4. The van der Waals surface area contributed by atoms with E-state index in [1.807, 2.05) is 30.3 Å². The number of ether oxygens (including phenoxy) is 2. The number of nitrogens with zero attached hydrogens (tertiary/aromatic N) is 2. The first-order valence-corrected chi connectivity index (χ1v) is 7.28. The molecule has 114 valence electrons. The first-order valence-electron chi connectivity index (χ1n) is 7.28. The molecule has 0 bridgehead atoms. The van der Waals surface area contributed by atoms with Crippen LogP contribution in [0.3, 0.4) is 0 Å². The lowest BCUT2D eigenvalue weighted by atomic mass is 10.00. The number of benzene rings is 2. The number of hydrogen-bond acceptors (Lipinski definition) is 4. The molecule has 0 fully saturated rings. The average Bonchev–Trinajstić information content (AvgIpc) is 2.57. The quantitative estimate of drug-likeness (QED) is 0.866. The lowest BCUT2D eigenvalue weighted by Crippen LogP contribution is -2.38. The van der Waals surface area contributed by atoms with E-state index in [2.05, 4.69) is 31.0 Å². The van der Waals surface area contributed by atoms with E-state index in [9.17, 15) is 0 Å². The number of likely N-dealkylation sites (N-methyl/N-ethyl adjacent to an activating group) is 1. The van der Waals surface area contributed by atoms with Gasteiger partial charge in [0.1, 0.15) is 0 Å². The third-order valence-electron chi connectivity index (χ3n) is 4.15. The molecule has 3 rings (SSSR count). The van der Waals surface area contributed by atoms with Gasteiger partial charge in [-0.05, 0) is 12.5 Å². The number of hydrogen-bond donors (Lipinski definition) is 0. The maximum absolute atomic E-state index is 5.40. The monoisotopic (exact) mass is 296 g/mol. The molecule has 4 nitrogen and oxygen atoms in total. The molecule has 1 aliphatic rings. The van der Waals surface area contributed by atoms with E-state index >= 15 is 0 Å².